The third-order valence-corrected chi connectivity index (χ3v) is 9.21. The van der Waals surface area contributed by atoms with Crippen LogP contribution in [0.3, 0.4) is 0 Å². The van der Waals surface area contributed by atoms with Crippen molar-refractivity contribution in [3.8, 4) is 22.3 Å². The van der Waals surface area contributed by atoms with E-state index in [0.717, 1.165) is 0 Å². The molecule has 0 aliphatic rings. The first-order chi connectivity index (χ1) is 17.3. The third kappa shape index (κ3) is 6.22. The van der Waals surface area contributed by atoms with E-state index >= 15 is 0 Å². The van der Waals surface area contributed by atoms with Crippen LogP contribution in [0.2, 0.25) is 0 Å². The second kappa shape index (κ2) is 12.1. The van der Waals surface area contributed by atoms with Crippen LogP contribution in [-0.2, 0) is 0 Å². The van der Waals surface area contributed by atoms with E-state index in [-0.39, 0.29) is 0 Å². The molecule has 0 spiro atoms. The van der Waals surface area contributed by atoms with Gasteiger partial charge in [0.15, 0.2) is 0 Å². The molecule has 1 heteroatoms. The Morgan fingerprint density at radius 2 is 0.703 bits per heavy atom. The minimum atomic E-state index is 0.475. The van der Waals surface area contributed by atoms with E-state index in [4.69, 9.17) is 0 Å². The van der Waals surface area contributed by atoms with Gasteiger partial charge >= 0.3 is 243 Å². The van der Waals surface area contributed by atoms with E-state index in [0.29, 0.717) is 35.5 Å². The van der Waals surface area contributed by atoms with Gasteiger partial charge in [-0.2, -0.15) is 0 Å². The van der Waals surface area contributed by atoms with Gasteiger partial charge in [0, 0.05) is 0 Å². The number of benzene rings is 3. The van der Waals surface area contributed by atoms with E-state index in [2.05, 4.69) is 126 Å². The van der Waals surface area contributed by atoms with E-state index in [1.165, 1.54) is 59.1 Å². The molecule has 3 aromatic carbocycles. The van der Waals surface area contributed by atoms with E-state index in [9.17, 15) is 0 Å². The fourth-order valence-corrected chi connectivity index (χ4v) is 6.54. The van der Waals surface area contributed by atoms with E-state index < -0.39 is 0 Å². The zero-order valence-corrected chi connectivity index (χ0v) is 28.0. The summed E-state index contributed by atoms with van der Waals surface area (Å²) in [6, 6.07) is 17.0. The molecule has 0 aromatic heterocycles. The Bertz CT molecular complexity index is 1090. The summed E-state index contributed by atoms with van der Waals surface area (Å²) in [6.07, 6.45) is 0. The quantitative estimate of drug-likeness (QED) is 0.225. The maximum atomic E-state index is 2.49. The van der Waals surface area contributed by atoms with E-state index in [1.54, 1.807) is 0 Å². The Hall–Kier alpha value is -1.52. The fraction of sp³-hybridized carbons (Fsp3) is 0.500. The number of rotatable bonds is 8. The molecule has 0 fully saturated rings. The maximum absolute atomic E-state index is 2.49. The van der Waals surface area contributed by atoms with Crippen LogP contribution in [0, 0.1) is 0 Å². The second-order valence-electron chi connectivity index (χ2n) is 12.8. The van der Waals surface area contributed by atoms with Crippen LogP contribution in [0.1, 0.15) is 152 Å². The standard InChI is InChI=1S/C36H49.Sb/c1-21(2)29-17-31(23(5)6)35(32(18-29)24(7)8)27-14-13-15-28(16-27)36-33(25(9)10)19-30(22(3)4)20-34(36)26(11)12;/h13-15,17-26H,1-12H3;. The average molecular weight is 604 g/mol. The zero-order chi connectivity index (χ0) is 27.8. The molecule has 0 atom stereocenters. The Morgan fingerprint density at radius 3 is 0.919 bits per heavy atom. The monoisotopic (exact) mass is 602 g/mol. The molecule has 0 aliphatic carbocycles. The van der Waals surface area contributed by atoms with Gasteiger partial charge in [-0.1, -0.05) is 0 Å². The Balaban J connectivity index is 2.44. The molecule has 37 heavy (non-hydrogen) atoms. The number of hydrogen-bond donors (Lipinski definition) is 0. The molecule has 3 rings (SSSR count). The summed E-state index contributed by atoms with van der Waals surface area (Å²) in [4.78, 5) is 0. The summed E-state index contributed by atoms with van der Waals surface area (Å²) in [6.45, 7) is 28.1. The molecule has 0 aliphatic heterocycles. The number of hydrogen-bond acceptors (Lipinski definition) is 0. The molecule has 3 aromatic rings. The van der Waals surface area contributed by atoms with Gasteiger partial charge in [0.2, 0.25) is 0 Å². The minimum absolute atomic E-state index is 0.475. The first-order valence-corrected chi connectivity index (χ1v) is 15.7. The van der Waals surface area contributed by atoms with Crippen molar-refractivity contribution >= 4 is 26.5 Å². The second-order valence-corrected chi connectivity index (χ2v) is 14.1. The Morgan fingerprint density at radius 1 is 0.432 bits per heavy atom. The van der Waals surface area contributed by atoms with Gasteiger partial charge in [-0.3, -0.25) is 0 Å². The molecule has 198 valence electrons. The van der Waals surface area contributed by atoms with Gasteiger partial charge in [0.1, 0.15) is 0 Å². The molecule has 0 heterocycles. The van der Waals surface area contributed by atoms with Crippen molar-refractivity contribution < 1.29 is 0 Å². The molecule has 0 N–H and O–H groups in total. The van der Waals surface area contributed by atoms with E-state index in [1.807, 2.05) is 23.0 Å². The Labute approximate surface area is 242 Å². The predicted octanol–water partition coefficient (Wildman–Crippen LogP) is 10.6. The molecule has 0 bridgehead atoms. The summed E-state index contributed by atoms with van der Waals surface area (Å²) in [5, 5.41) is 0. The van der Waals surface area contributed by atoms with Crippen molar-refractivity contribution in [1.29, 1.82) is 0 Å². The van der Waals surface area contributed by atoms with Gasteiger partial charge in [0.25, 0.3) is 0 Å². The molecule has 0 nitrogen and oxygen atoms in total. The molecular weight excluding hydrogens is 554 g/mol. The van der Waals surface area contributed by atoms with Crippen molar-refractivity contribution in [2.24, 2.45) is 0 Å². The fourth-order valence-electron chi connectivity index (χ4n) is 5.48. The van der Waals surface area contributed by atoms with Crippen molar-refractivity contribution in [3.63, 3.8) is 0 Å². The summed E-state index contributed by atoms with van der Waals surface area (Å²) in [5.74, 6) is 2.96. The molecule has 0 amide bonds. The molecule has 2 radical (unpaired) electrons. The summed E-state index contributed by atoms with van der Waals surface area (Å²) in [7, 11) is 0. The van der Waals surface area contributed by atoms with Crippen LogP contribution in [0.25, 0.3) is 22.3 Å². The van der Waals surface area contributed by atoms with Gasteiger partial charge in [-0.05, 0) is 0 Å². The normalized spacial score (nSPS) is 12.3. The van der Waals surface area contributed by atoms with Crippen LogP contribution < -0.4 is 3.51 Å². The van der Waals surface area contributed by atoms with Crippen LogP contribution in [0.15, 0.2) is 42.5 Å². The van der Waals surface area contributed by atoms with Crippen molar-refractivity contribution in [3.05, 3.63) is 75.8 Å². The topological polar surface area (TPSA) is 0 Å². The van der Waals surface area contributed by atoms with Gasteiger partial charge in [0.05, 0.1) is 0 Å². The van der Waals surface area contributed by atoms with Crippen LogP contribution in [0.5, 0.6) is 0 Å². The van der Waals surface area contributed by atoms with Gasteiger partial charge < -0.3 is 0 Å². The summed E-state index contributed by atoms with van der Waals surface area (Å²) in [5.41, 5.74) is 14.7. The molecular formula is C36H49Sb. The SMILES string of the molecule is CC(C)c1cc(C(C)C)c(-c2cccc(-c3c(C(C)C)cc(C(C)C)cc3C(C)C)[c]2[Sb])c(C(C)C)c1. The van der Waals surface area contributed by atoms with Gasteiger partial charge in [-0.15, -0.1) is 0 Å². The van der Waals surface area contributed by atoms with Crippen molar-refractivity contribution in [2.45, 2.75) is 119 Å². The Kier molecular flexibility index (Phi) is 9.83. The first kappa shape index (κ1) is 30.0. The van der Waals surface area contributed by atoms with Crippen molar-refractivity contribution in [2.75, 3.05) is 0 Å². The van der Waals surface area contributed by atoms with Crippen LogP contribution in [0.4, 0.5) is 0 Å². The first-order valence-electron chi connectivity index (χ1n) is 14.4. The zero-order valence-electron chi connectivity index (χ0n) is 25.5. The molecule has 0 saturated carbocycles. The van der Waals surface area contributed by atoms with Crippen LogP contribution in [-0.4, -0.2) is 23.0 Å². The summed E-state index contributed by atoms with van der Waals surface area (Å²) >= 11 is 1.88. The third-order valence-electron chi connectivity index (χ3n) is 7.84. The molecule has 0 saturated heterocycles. The van der Waals surface area contributed by atoms with Crippen molar-refractivity contribution in [1.82, 2.24) is 0 Å². The molecule has 0 unspecified atom stereocenters. The van der Waals surface area contributed by atoms with Gasteiger partial charge in [-0.25, -0.2) is 0 Å². The predicted molar refractivity (Wildman–Crippen MR) is 167 cm³/mol. The van der Waals surface area contributed by atoms with Crippen LogP contribution >= 0.6 is 0 Å². The summed E-state index contributed by atoms with van der Waals surface area (Å²) < 4.78 is 1.46. The average Bonchev–Trinajstić information content (AvgIpc) is 2.82.